The van der Waals surface area contributed by atoms with Crippen molar-refractivity contribution >= 4 is 29.0 Å². The van der Waals surface area contributed by atoms with E-state index in [0.717, 1.165) is 28.5 Å². The van der Waals surface area contributed by atoms with E-state index < -0.39 is 0 Å². The molecule has 0 unspecified atom stereocenters. The maximum absolute atomic E-state index is 12.7. The molecule has 0 spiro atoms. The Balaban J connectivity index is 1.98. The number of carbonyl (C=O) groups excluding carboxylic acids is 2. The van der Waals surface area contributed by atoms with Gasteiger partial charge in [-0.1, -0.05) is 24.3 Å². The number of nitriles is 1. The van der Waals surface area contributed by atoms with Gasteiger partial charge >= 0.3 is 0 Å². The van der Waals surface area contributed by atoms with Crippen molar-refractivity contribution in [1.82, 2.24) is 4.90 Å². The van der Waals surface area contributed by atoms with Gasteiger partial charge in [0.25, 0.3) is 11.1 Å². The zero-order chi connectivity index (χ0) is 24.0. The molecule has 0 aromatic heterocycles. The quantitative estimate of drug-likeness (QED) is 0.351. The third kappa shape index (κ3) is 5.47. The number of rotatable bonds is 9. The molecule has 1 saturated heterocycles. The van der Waals surface area contributed by atoms with Gasteiger partial charge in [0.2, 0.25) is 0 Å². The van der Waals surface area contributed by atoms with Crippen molar-refractivity contribution in [2.45, 2.75) is 39.8 Å². The summed E-state index contributed by atoms with van der Waals surface area (Å²) in [5.74, 6) is 0.800. The van der Waals surface area contributed by atoms with Crippen LogP contribution < -0.4 is 9.47 Å². The van der Waals surface area contributed by atoms with Crippen molar-refractivity contribution in [3.63, 3.8) is 0 Å². The molecule has 7 heteroatoms. The number of hydrogen-bond acceptors (Lipinski definition) is 6. The van der Waals surface area contributed by atoms with Crippen molar-refractivity contribution in [3.8, 4) is 17.6 Å². The van der Waals surface area contributed by atoms with Gasteiger partial charge in [-0.3, -0.25) is 14.5 Å². The lowest BCUT2D eigenvalue weighted by atomic mass is 10.0. The van der Waals surface area contributed by atoms with Crippen LogP contribution in [0, 0.1) is 11.3 Å². The number of hydrogen-bond donors (Lipinski definition) is 0. The maximum Gasteiger partial charge on any atom is 0.293 e. The molecular weight excluding hydrogens is 436 g/mol. The van der Waals surface area contributed by atoms with Gasteiger partial charge < -0.3 is 9.47 Å². The van der Waals surface area contributed by atoms with Crippen LogP contribution in [0.15, 0.2) is 54.0 Å². The zero-order valence-corrected chi connectivity index (χ0v) is 19.8. The summed E-state index contributed by atoms with van der Waals surface area (Å²) in [6.07, 6.45) is 3.99. The summed E-state index contributed by atoms with van der Waals surface area (Å²) < 4.78 is 12.0. The standard InChI is InChI=1S/C26H26N2O4S/c1-5-9-19-12-18(14-23-25(29)28(17(3)4)26(30)33-23)13-22(31-6-2)24(19)32-16-21-11-8-7-10-20(21)15-27/h5,7-8,10-14,17H,1,6,9,16H2,2-4H3/b23-14-. The Kier molecular flexibility index (Phi) is 7.96. The van der Waals surface area contributed by atoms with Gasteiger partial charge in [-0.25, -0.2) is 0 Å². The summed E-state index contributed by atoms with van der Waals surface area (Å²) in [6.45, 7) is 9.97. The second-order valence-electron chi connectivity index (χ2n) is 7.64. The topological polar surface area (TPSA) is 79.6 Å². The van der Waals surface area contributed by atoms with E-state index in [1.165, 1.54) is 4.90 Å². The molecule has 170 valence electrons. The minimum atomic E-state index is -0.295. The Morgan fingerprint density at radius 1 is 1.18 bits per heavy atom. The van der Waals surface area contributed by atoms with Crippen LogP contribution in [0.25, 0.3) is 6.08 Å². The molecule has 0 atom stereocenters. The average Bonchev–Trinajstić information content (AvgIpc) is 3.06. The minimum absolute atomic E-state index is 0.203. The Morgan fingerprint density at radius 3 is 2.58 bits per heavy atom. The number of benzene rings is 2. The highest BCUT2D eigenvalue weighted by Crippen LogP contribution is 2.38. The Bertz CT molecular complexity index is 1150. The van der Waals surface area contributed by atoms with E-state index in [0.29, 0.717) is 35.0 Å². The molecule has 33 heavy (non-hydrogen) atoms. The lowest BCUT2D eigenvalue weighted by Crippen LogP contribution is -2.34. The van der Waals surface area contributed by atoms with Gasteiger partial charge in [0.05, 0.1) is 23.1 Å². The normalized spacial score (nSPS) is 14.6. The van der Waals surface area contributed by atoms with Gasteiger partial charge in [-0.2, -0.15) is 5.26 Å². The number of ether oxygens (including phenoxy) is 2. The highest BCUT2D eigenvalue weighted by molar-refractivity contribution is 8.18. The van der Waals surface area contributed by atoms with Crippen molar-refractivity contribution < 1.29 is 19.1 Å². The molecule has 1 fully saturated rings. The fourth-order valence-corrected chi connectivity index (χ4v) is 4.44. The molecule has 1 heterocycles. The van der Waals surface area contributed by atoms with Crippen molar-refractivity contribution in [1.29, 1.82) is 5.26 Å². The van der Waals surface area contributed by atoms with E-state index in [1.807, 2.05) is 45.0 Å². The van der Waals surface area contributed by atoms with E-state index in [-0.39, 0.29) is 23.8 Å². The summed E-state index contributed by atoms with van der Waals surface area (Å²) >= 11 is 0.935. The molecule has 0 bridgehead atoms. The molecular formula is C26H26N2O4S. The molecule has 0 N–H and O–H groups in total. The molecule has 2 aromatic carbocycles. The zero-order valence-electron chi connectivity index (χ0n) is 19.0. The van der Waals surface area contributed by atoms with E-state index in [1.54, 1.807) is 24.3 Å². The molecule has 1 aliphatic heterocycles. The van der Waals surface area contributed by atoms with Gasteiger partial charge in [-0.15, -0.1) is 6.58 Å². The summed E-state index contributed by atoms with van der Waals surface area (Å²) in [5, 5.41) is 9.08. The summed E-state index contributed by atoms with van der Waals surface area (Å²) in [6, 6.07) is 13.0. The van der Waals surface area contributed by atoms with Crippen LogP contribution in [-0.2, 0) is 17.8 Å². The van der Waals surface area contributed by atoms with Crippen molar-refractivity contribution in [2.24, 2.45) is 0 Å². The van der Waals surface area contributed by atoms with Crippen LogP contribution in [0.1, 0.15) is 43.0 Å². The third-order valence-corrected chi connectivity index (χ3v) is 5.85. The Labute approximate surface area is 198 Å². The largest absolute Gasteiger partial charge is 0.490 e. The van der Waals surface area contributed by atoms with E-state index in [2.05, 4.69) is 12.6 Å². The van der Waals surface area contributed by atoms with E-state index in [9.17, 15) is 14.9 Å². The number of allylic oxidation sites excluding steroid dienone is 1. The molecule has 2 amide bonds. The van der Waals surface area contributed by atoms with Gasteiger partial charge in [-0.05, 0) is 68.8 Å². The predicted molar refractivity (Wildman–Crippen MR) is 130 cm³/mol. The number of carbonyl (C=O) groups is 2. The smallest absolute Gasteiger partial charge is 0.293 e. The molecule has 0 saturated carbocycles. The number of amides is 2. The monoisotopic (exact) mass is 462 g/mol. The highest BCUT2D eigenvalue weighted by atomic mass is 32.2. The van der Waals surface area contributed by atoms with Crippen LogP contribution in [-0.4, -0.2) is 28.7 Å². The van der Waals surface area contributed by atoms with E-state index in [4.69, 9.17) is 9.47 Å². The van der Waals surface area contributed by atoms with E-state index >= 15 is 0 Å². The minimum Gasteiger partial charge on any atom is -0.490 e. The Hall–Kier alpha value is -3.50. The molecule has 3 rings (SSSR count). The van der Waals surface area contributed by atoms with Crippen LogP contribution >= 0.6 is 11.8 Å². The third-order valence-electron chi connectivity index (χ3n) is 4.97. The molecule has 6 nitrogen and oxygen atoms in total. The van der Waals surface area contributed by atoms with Crippen LogP contribution in [0.3, 0.4) is 0 Å². The van der Waals surface area contributed by atoms with Gasteiger partial charge in [0, 0.05) is 17.2 Å². The molecule has 0 radical (unpaired) electrons. The first-order valence-electron chi connectivity index (χ1n) is 10.7. The van der Waals surface area contributed by atoms with Crippen LogP contribution in [0.2, 0.25) is 0 Å². The van der Waals surface area contributed by atoms with Crippen LogP contribution in [0.4, 0.5) is 4.79 Å². The number of thioether (sulfide) groups is 1. The molecule has 2 aromatic rings. The molecule has 0 aliphatic carbocycles. The van der Waals surface area contributed by atoms with Crippen molar-refractivity contribution in [2.75, 3.05) is 6.61 Å². The Morgan fingerprint density at radius 2 is 1.94 bits per heavy atom. The lowest BCUT2D eigenvalue weighted by Gasteiger charge is -2.17. The fraction of sp³-hybridized carbons (Fsp3) is 0.269. The highest BCUT2D eigenvalue weighted by Gasteiger charge is 2.36. The second kappa shape index (κ2) is 10.9. The predicted octanol–water partition coefficient (Wildman–Crippen LogP) is 5.71. The first kappa shape index (κ1) is 24.1. The first-order valence-corrected chi connectivity index (χ1v) is 11.5. The first-order chi connectivity index (χ1) is 15.9. The summed E-state index contributed by atoms with van der Waals surface area (Å²) in [7, 11) is 0. The van der Waals surface area contributed by atoms with Crippen LogP contribution in [0.5, 0.6) is 11.5 Å². The van der Waals surface area contributed by atoms with Gasteiger partial charge in [0.1, 0.15) is 6.61 Å². The van der Waals surface area contributed by atoms with Gasteiger partial charge in [0.15, 0.2) is 11.5 Å². The fourth-order valence-electron chi connectivity index (χ4n) is 3.48. The second-order valence-corrected chi connectivity index (χ2v) is 8.63. The molecule has 1 aliphatic rings. The van der Waals surface area contributed by atoms with Crippen molar-refractivity contribution in [3.05, 3.63) is 76.2 Å². The maximum atomic E-state index is 12.7. The summed E-state index contributed by atoms with van der Waals surface area (Å²) in [4.78, 5) is 26.6. The lowest BCUT2D eigenvalue weighted by molar-refractivity contribution is -0.123. The SMILES string of the molecule is C=CCc1cc(/C=C2\SC(=O)N(C(C)C)C2=O)cc(OCC)c1OCc1ccccc1C#N. The number of imide groups is 1. The number of nitrogens with zero attached hydrogens (tertiary/aromatic N) is 2. The average molecular weight is 463 g/mol. The summed E-state index contributed by atoms with van der Waals surface area (Å²) in [5.41, 5.74) is 2.89.